The highest BCUT2D eigenvalue weighted by Crippen LogP contribution is 2.46. The van der Waals surface area contributed by atoms with Gasteiger partial charge in [-0.1, -0.05) is 25.1 Å². The van der Waals surface area contributed by atoms with Crippen LogP contribution in [-0.2, 0) is 0 Å². The molecule has 0 unspecified atom stereocenters. The minimum atomic E-state index is -0.352. The molecule has 2 aromatic heterocycles. The molecule has 0 fully saturated rings. The van der Waals surface area contributed by atoms with E-state index in [-0.39, 0.29) is 11.8 Å². The van der Waals surface area contributed by atoms with Crippen LogP contribution in [0.25, 0.3) is 10.6 Å². The third-order valence-electron chi connectivity index (χ3n) is 4.39. The number of aromatic nitrogens is 2. The summed E-state index contributed by atoms with van der Waals surface area (Å²) in [6.07, 6.45) is 0.947. The van der Waals surface area contributed by atoms with Crippen LogP contribution in [-0.4, -0.2) is 16.8 Å². The Bertz CT molecular complexity index is 1010. The van der Waals surface area contributed by atoms with Crippen molar-refractivity contribution in [2.24, 2.45) is 5.73 Å². The van der Waals surface area contributed by atoms with Crippen molar-refractivity contribution in [3.8, 4) is 28.3 Å². The number of hydrogen-bond acceptors (Lipinski definition) is 6. The van der Waals surface area contributed by atoms with Gasteiger partial charge in [0.2, 0.25) is 11.8 Å². The van der Waals surface area contributed by atoms with Gasteiger partial charge in [0.25, 0.3) is 0 Å². The molecule has 136 valence electrons. The summed E-state index contributed by atoms with van der Waals surface area (Å²) in [5, 5.41) is 19.0. The monoisotopic (exact) mass is 378 g/mol. The van der Waals surface area contributed by atoms with Gasteiger partial charge in [-0.05, 0) is 35.6 Å². The predicted molar refractivity (Wildman–Crippen MR) is 103 cm³/mol. The average Bonchev–Trinajstić information content (AvgIpc) is 3.35. The number of hydrogen-bond donors (Lipinski definition) is 2. The van der Waals surface area contributed by atoms with Crippen LogP contribution in [0.5, 0.6) is 11.6 Å². The van der Waals surface area contributed by atoms with Gasteiger partial charge in [-0.15, -0.1) is 16.4 Å². The molecule has 0 spiro atoms. The predicted octanol–water partition coefficient (Wildman–Crippen LogP) is 4.15. The Balaban J connectivity index is 1.81. The molecule has 6 nitrogen and oxygen atoms in total. The van der Waals surface area contributed by atoms with Crippen LogP contribution >= 0.6 is 11.3 Å². The Kier molecular flexibility index (Phi) is 4.57. The van der Waals surface area contributed by atoms with Gasteiger partial charge in [0.05, 0.1) is 28.7 Å². The van der Waals surface area contributed by atoms with Crippen molar-refractivity contribution in [1.29, 1.82) is 5.26 Å². The molecule has 0 saturated heterocycles. The number of nitriles is 1. The molecule has 0 bridgehead atoms. The molecule has 1 aromatic carbocycles. The molecule has 0 aliphatic carbocycles. The molecule has 7 heteroatoms. The van der Waals surface area contributed by atoms with Crippen molar-refractivity contribution < 1.29 is 9.47 Å². The number of rotatable bonds is 5. The summed E-state index contributed by atoms with van der Waals surface area (Å²) >= 11 is 1.59. The van der Waals surface area contributed by atoms with E-state index in [1.165, 1.54) is 0 Å². The Labute approximate surface area is 160 Å². The smallest absolute Gasteiger partial charge is 0.244 e. The number of nitrogens with one attached hydrogen (secondary N) is 1. The van der Waals surface area contributed by atoms with Gasteiger partial charge in [0, 0.05) is 0 Å². The summed E-state index contributed by atoms with van der Waals surface area (Å²) in [4.78, 5) is 1.03. The van der Waals surface area contributed by atoms with Crippen molar-refractivity contribution in [3.05, 3.63) is 64.4 Å². The molecule has 0 saturated carbocycles. The Hall–Kier alpha value is -3.24. The number of ether oxygens (including phenoxy) is 2. The topological polar surface area (TPSA) is 96.9 Å². The van der Waals surface area contributed by atoms with Crippen LogP contribution in [0.1, 0.15) is 30.4 Å². The second-order valence-corrected chi connectivity index (χ2v) is 7.08. The van der Waals surface area contributed by atoms with E-state index in [1.54, 1.807) is 11.3 Å². The van der Waals surface area contributed by atoms with Crippen molar-refractivity contribution in [2.45, 2.75) is 19.3 Å². The minimum Gasteiger partial charge on any atom is -0.494 e. The van der Waals surface area contributed by atoms with E-state index in [2.05, 4.69) is 23.2 Å². The minimum absolute atomic E-state index is 0.0885. The third-order valence-corrected chi connectivity index (χ3v) is 5.28. The maximum atomic E-state index is 9.73. The van der Waals surface area contributed by atoms with Gasteiger partial charge in [-0.2, -0.15) is 5.26 Å². The molecule has 3 heterocycles. The van der Waals surface area contributed by atoms with E-state index < -0.39 is 0 Å². The third kappa shape index (κ3) is 3.04. The van der Waals surface area contributed by atoms with E-state index >= 15 is 0 Å². The lowest BCUT2D eigenvalue weighted by Gasteiger charge is -2.24. The maximum Gasteiger partial charge on any atom is 0.244 e. The Morgan fingerprint density at radius 3 is 2.81 bits per heavy atom. The molecule has 3 N–H and O–H groups in total. The van der Waals surface area contributed by atoms with Crippen molar-refractivity contribution >= 4 is 11.3 Å². The van der Waals surface area contributed by atoms with Gasteiger partial charge in [0.15, 0.2) is 0 Å². The zero-order chi connectivity index (χ0) is 18.8. The molecular formula is C20H18N4O2S. The van der Waals surface area contributed by atoms with E-state index in [1.807, 2.05) is 41.8 Å². The molecule has 1 aliphatic heterocycles. The zero-order valence-corrected chi connectivity index (χ0v) is 15.5. The first kappa shape index (κ1) is 17.2. The van der Waals surface area contributed by atoms with Crippen LogP contribution in [0.3, 0.4) is 0 Å². The molecule has 1 aliphatic rings. The Morgan fingerprint density at radius 1 is 1.33 bits per heavy atom. The molecule has 0 amide bonds. The van der Waals surface area contributed by atoms with Crippen LogP contribution in [0.2, 0.25) is 0 Å². The fourth-order valence-electron chi connectivity index (χ4n) is 3.16. The number of allylic oxidation sites excluding steroid dienone is 1. The highest BCUT2D eigenvalue weighted by molar-refractivity contribution is 7.13. The van der Waals surface area contributed by atoms with Gasteiger partial charge in [-0.3, -0.25) is 5.10 Å². The number of benzene rings is 1. The summed E-state index contributed by atoms with van der Waals surface area (Å²) in [6.45, 7) is 2.73. The number of aromatic amines is 1. The maximum absolute atomic E-state index is 9.73. The second kappa shape index (κ2) is 7.17. The van der Waals surface area contributed by atoms with E-state index in [0.29, 0.717) is 18.1 Å². The van der Waals surface area contributed by atoms with Gasteiger partial charge >= 0.3 is 0 Å². The molecular weight excluding hydrogens is 360 g/mol. The second-order valence-electron chi connectivity index (χ2n) is 6.14. The highest BCUT2D eigenvalue weighted by Gasteiger charge is 2.35. The van der Waals surface area contributed by atoms with Gasteiger partial charge in [0.1, 0.15) is 17.4 Å². The summed E-state index contributed by atoms with van der Waals surface area (Å²) in [5.41, 5.74) is 8.99. The van der Waals surface area contributed by atoms with Crippen LogP contribution in [0.4, 0.5) is 0 Å². The first-order valence-corrected chi connectivity index (χ1v) is 9.53. The summed E-state index contributed by atoms with van der Waals surface area (Å²) in [5.74, 6) is 0.945. The first-order chi connectivity index (χ1) is 13.2. The lowest BCUT2D eigenvalue weighted by Crippen LogP contribution is -2.20. The number of H-pyrrole nitrogens is 1. The molecule has 1 atom stereocenters. The summed E-state index contributed by atoms with van der Waals surface area (Å²) < 4.78 is 11.3. The molecule has 4 rings (SSSR count). The van der Waals surface area contributed by atoms with Crippen LogP contribution in [0.15, 0.2) is 53.2 Å². The Morgan fingerprint density at radius 2 is 2.15 bits per heavy atom. The van der Waals surface area contributed by atoms with Crippen molar-refractivity contribution in [2.75, 3.05) is 6.61 Å². The normalized spacial score (nSPS) is 15.8. The van der Waals surface area contributed by atoms with Crippen molar-refractivity contribution in [3.63, 3.8) is 0 Å². The lowest BCUT2D eigenvalue weighted by molar-refractivity contribution is 0.317. The summed E-state index contributed by atoms with van der Waals surface area (Å²) in [6, 6.07) is 13.9. The van der Waals surface area contributed by atoms with Gasteiger partial charge in [-0.25, -0.2) is 0 Å². The fourth-order valence-corrected chi connectivity index (χ4v) is 3.90. The quantitative estimate of drug-likeness (QED) is 0.695. The van der Waals surface area contributed by atoms with Crippen LogP contribution in [0, 0.1) is 11.3 Å². The van der Waals surface area contributed by atoms with Crippen LogP contribution < -0.4 is 15.2 Å². The summed E-state index contributed by atoms with van der Waals surface area (Å²) in [7, 11) is 0. The van der Waals surface area contributed by atoms with Gasteiger partial charge < -0.3 is 15.2 Å². The standard InChI is InChI=1S/C20H18N4O2S/c1-2-9-25-13-7-5-12(6-8-13)16-14(11-21)19(22)26-20-17(16)18(23-24-20)15-4-3-10-27-15/h3-8,10,16H,2,9,22H2,1H3,(H,23,24)/t16-/m1/s1. The average molecular weight is 378 g/mol. The molecule has 27 heavy (non-hydrogen) atoms. The lowest BCUT2D eigenvalue weighted by atomic mass is 9.84. The molecule has 3 aromatic rings. The van der Waals surface area contributed by atoms with E-state index in [9.17, 15) is 5.26 Å². The van der Waals surface area contributed by atoms with E-state index in [4.69, 9.17) is 15.2 Å². The number of nitrogens with two attached hydrogens (primary N) is 1. The number of fused-ring (bicyclic) bond motifs is 1. The van der Waals surface area contributed by atoms with E-state index in [0.717, 1.165) is 33.9 Å². The molecule has 0 radical (unpaired) electrons. The zero-order valence-electron chi connectivity index (χ0n) is 14.7. The number of nitrogens with zero attached hydrogens (tertiary/aromatic N) is 2. The first-order valence-electron chi connectivity index (χ1n) is 8.65. The fraction of sp³-hybridized carbons (Fsp3) is 0.200. The highest BCUT2D eigenvalue weighted by atomic mass is 32.1. The SMILES string of the molecule is CCCOc1ccc([C@@H]2C(C#N)=C(N)Oc3n[nH]c(-c4cccs4)c32)cc1. The number of thiophene rings is 1. The largest absolute Gasteiger partial charge is 0.494 e. The van der Waals surface area contributed by atoms with Crippen molar-refractivity contribution in [1.82, 2.24) is 10.2 Å².